The van der Waals surface area contributed by atoms with Crippen molar-refractivity contribution >= 4 is 154 Å². The average molecular weight is 1600 g/mol. The van der Waals surface area contributed by atoms with Crippen LogP contribution in [0.2, 0.25) is 0 Å². The van der Waals surface area contributed by atoms with Crippen molar-refractivity contribution in [3.05, 3.63) is 419 Å². The van der Waals surface area contributed by atoms with Gasteiger partial charge in [-0.2, -0.15) is 0 Å². The summed E-state index contributed by atoms with van der Waals surface area (Å²) in [6.45, 7) is 0. The molecule has 0 unspecified atom stereocenters. The van der Waals surface area contributed by atoms with Crippen LogP contribution in [-0.2, 0) is 12.8 Å². The van der Waals surface area contributed by atoms with Crippen molar-refractivity contribution in [2.24, 2.45) is 0 Å². The summed E-state index contributed by atoms with van der Waals surface area (Å²) < 4.78 is 14.9. The summed E-state index contributed by atoms with van der Waals surface area (Å²) in [6.07, 6.45) is 1.97. The zero-order valence-electron chi connectivity index (χ0n) is 61.8. The predicted octanol–water partition coefficient (Wildman–Crippen LogP) is 26.9. The maximum atomic E-state index is 9.16. The fraction of sp³-hybridized carbons (Fsp3) is 0.0192. The van der Waals surface area contributed by atoms with E-state index in [0.717, 1.165) is 43.9 Å². The second-order valence-electron chi connectivity index (χ2n) is 29.2. The van der Waals surface area contributed by atoms with Gasteiger partial charge >= 0.3 is 7.12 Å². The van der Waals surface area contributed by atoms with Gasteiger partial charge in [-0.15, -0.1) is 0 Å². The highest BCUT2D eigenvalue weighted by Gasteiger charge is 2.23. The van der Waals surface area contributed by atoms with E-state index < -0.39 is 7.12 Å². The Morgan fingerprint density at radius 1 is 0.254 bits per heavy atom. The largest absolute Gasteiger partial charge is 0.488 e. The second-order valence-corrected chi connectivity index (χ2v) is 31.0. The van der Waals surface area contributed by atoms with E-state index in [1.807, 2.05) is 60.7 Å². The molecule has 2 aliphatic carbocycles. The lowest BCUT2D eigenvalue weighted by molar-refractivity contribution is 0.426. The Bertz CT molecular complexity index is 7440. The Morgan fingerprint density at radius 2 is 0.614 bits per heavy atom. The minimum atomic E-state index is -1.39. The third kappa shape index (κ3) is 12.9. The van der Waals surface area contributed by atoms with Crippen molar-refractivity contribution in [3.8, 4) is 61.6 Å². The van der Waals surface area contributed by atoms with E-state index >= 15 is 0 Å². The summed E-state index contributed by atoms with van der Waals surface area (Å²) >= 11 is 7.04. The molecule has 0 fully saturated rings. The van der Waals surface area contributed by atoms with Gasteiger partial charge in [-0.1, -0.05) is 275 Å². The first-order valence-corrected chi connectivity index (χ1v) is 40.0. The second kappa shape index (κ2) is 29.7. The van der Waals surface area contributed by atoms with Gasteiger partial charge in [0.05, 0.1) is 33.1 Å². The molecule has 542 valence electrons. The molecule has 10 heteroatoms. The fourth-order valence-corrected chi connectivity index (χ4v) is 17.9. The van der Waals surface area contributed by atoms with Crippen LogP contribution in [0.15, 0.2) is 402 Å². The first-order chi connectivity index (χ1) is 56.2. The number of furan rings is 1. The Morgan fingerprint density at radius 3 is 1.16 bits per heavy atom. The van der Waals surface area contributed by atoms with Crippen LogP contribution in [0.1, 0.15) is 22.3 Å². The van der Waals surface area contributed by atoms with Crippen LogP contribution in [0.5, 0.6) is 0 Å². The highest BCUT2D eigenvalue weighted by atomic mass is 79.9. The minimum absolute atomic E-state index is 0.551. The van der Waals surface area contributed by atoms with Crippen LogP contribution in [0.3, 0.4) is 0 Å². The normalized spacial score (nSPS) is 11.8. The number of para-hydroxylation sites is 8. The number of nitrogens with zero attached hydrogens (tertiary/aromatic N) is 3. The number of fused-ring (bicyclic) bond motifs is 21. The van der Waals surface area contributed by atoms with E-state index in [1.54, 1.807) is 6.07 Å². The summed E-state index contributed by atoms with van der Waals surface area (Å²) in [5.74, 6) is 0. The Hall–Kier alpha value is -13.3. The molecule has 0 saturated carbocycles. The van der Waals surface area contributed by atoms with Crippen LogP contribution in [0.25, 0.3) is 171 Å². The number of nitrogens with one attached hydrogen (secondary N) is 1. The van der Waals surface area contributed by atoms with Gasteiger partial charge in [0.25, 0.3) is 0 Å². The Kier molecular flexibility index (Phi) is 18.2. The molecule has 17 aromatic carbocycles. The standard InChI is InChI=1S/C31H21N.C30H20N2.C18H12BrN.C13H11BO2.C12H7BrO/c1-2-9-25(10-3-1)32-30-13-7-6-12-27(30)29-20-22(16-17-31(29)32)21-14-15-24-18-23-8-4-5-11-26(23)28(24)19-21;1-2-8-22(9-3-1)32-29-13-7-5-11-24(29)26-19-21(15-17-30(26)32)20-14-16-28-25(18-20)23-10-4-6-12-27(23)31-28;19-13-10-11-18-16(12-13)15-8-4-5-9-17(15)20(18)14-6-2-1-3-7-14;15-14(16)11-6-5-10-7-9-3-1-2-4-12(9)13(10)8-11;13-8-5-6-12-10(7-8)9-3-1-2-4-11(9)14-12/h1-17,19-20H,18H2;1-19,31H;1-12H;1-6,8,15-16H,7H2;1-7H. The molecule has 0 atom stereocenters. The lowest BCUT2D eigenvalue weighted by Crippen LogP contribution is -2.29. The van der Waals surface area contributed by atoms with Crippen LogP contribution in [0.4, 0.5) is 0 Å². The molecule has 0 bridgehead atoms. The van der Waals surface area contributed by atoms with E-state index in [1.165, 1.54) is 171 Å². The van der Waals surface area contributed by atoms with Crippen molar-refractivity contribution in [3.63, 3.8) is 0 Å². The molecule has 3 N–H and O–H groups in total. The number of halogens is 2. The van der Waals surface area contributed by atoms with Gasteiger partial charge in [-0.05, 0) is 231 Å². The number of hydrogen-bond donors (Lipinski definition) is 3. The quantitative estimate of drug-likeness (QED) is 0.145. The van der Waals surface area contributed by atoms with Crippen molar-refractivity contribution in [2.75, 3.05) is 0 Å². The average Bonchev–Trinajstić information content (AvgIpc) is 1.64. The fourth-order valence-electron chi connectivity index (χ4n) is 17.1. The third-order valence-corrected chi connectivity index (χ3v) is 23.4. The molecule has 0 radical (unpaired) electrons. The van der Waals surface area contributed by atoms with Gasteiger partial charge in [0.15, 0.2) is 0 Å². The molecule has 5 aromatic heterocycles. The van der Waals surface area contributed by atoms with Gasteiger partial charge in [0.2, 0.25) is 0 Å². The van der Waals surface area contributed by atoms with Gasteiger partial charge in [-0.25, -0.2) is 0 Å². The molecule has 5 heterocycles. The molecule has 0 spiro atoms. The SMILES string of the molecule is Brc1ccc2c(c1)c1ccccc1n2-c1ccccc1.Brc1ccc2oc3ccccc3c2c1.OB(O)c1ccc2c(c1)-c1ccccc1C2.c1ccc(-n2c3ccccc3c3cc(-c4ccc5[nH]c6ccccc6c5c4)ccc32)cc1.c1ccc(-n2c3ccccc3c3cc(-c4ccc5c(c4)-c4ccccc4C5)ccc32)cc1. The molecule has 2 aliphatic rings. The summed E-state index contributed by atoms with van der Waals surface area (Å²) in [6, 6.07) is 137. The van der Waals surface area contributed by atoms with E-state index in [4.69, 9.17) is 14.5 Å². The van der Waals surface area contributed by atoms with Crippen molar-refractivity contribution < 1.29 is 14.5 Å². The zero-order chi connectivity index (χ0) is 76.3. The first kappa shape index (κ1) is 69.8. The number of aromatic nitrogens is 4. The van der Waals surface area contributed by atoms with Crippen LogP contribution >= 0.6 is 31.9 Å². The maximum absolute atomic E-state index is 9.16. The van der Waals surface area contributed by atoms with Crippen molar-refractivity contribution in [1.29, 1.82) is 0 Å². The molecular formula is C104H71BBr2N4O3. The van der Waals surface area contributed by atoms with Crippen molar-refractivity contribution in [1.82, 2.24) is 18.7 Å². The molecule has 7 nitrogen and oxygen atoms in total. The lowest BCUT2D eigenvalue weighted by Gasteiger charge is -2.09. The third-order valence-electron chi connectivity index (χ3n) is 22.5. The predicted molar refractivity (Wildman–Crippen MR) is 484 cm³/mol. The van der Waals surface area contributed by atoms with Gasteiger partial charge in [0, 0.05) is 90.9 Å². The number of rotatable bonds is 6. The summed E-state index contributed by atoms with van der Waals surface area (Å²) in [7, 11) is -1.39. The topological polar surface area (TPSA) is 84.2 Å². The van der Waals surface area contributed by atoms with Crippen LogP contribution in [0, 0.1) is 0 Å². The number of aromatic amines is 1. The number of benzene rings is 17. The summed E-state index contributed by atoms with van der Waals surface area (Å²) in [4.78, 5) is 3.53. The minimum Gasteiger partial charge on any atom is -0.456 e. The zero-order valence-corrected chi connectivity index (χ0v) is 65.0. The van der Waals surface area contributed by atoms with E-state index in [-0.39, 0.29) is 0 Å². The molecule has 0 amide bonds. The molecule has 0 saturated heterocycles. The lowest BCUT2D eigenvalue weighted by atomic mass is 9.79. The van der Waals surface area contributed by atoms with E-state index in [9.17, 15) is 0 Å². The first-order valence-electron chi connectivity index (χ1n) is 38.5. The van der Waals surface area contributed by atoms with Gasteiger partial charge < -0.3 is 33.2 Å². The number of H-pyrrole nitrogens is 1. The van der Waals surface area contributed by atoms with Gasteiger partial charge in [0.1, 0.15) is 11.2 Å². The Labute approximate surface area is 675 Å². The molecular weight excluding hydrogens is 1520 g/mol. The molecule has 0 aliphatic heterocycles. The monoisotopic (exact) mass is 1590 g/mol. The molecule has 24 rings (SSSR count). The highest BCUT2D eigenvalue weighted by Crippen LogP contribution is 2.43. The van der Waals surface area contributed by atoms with E-state index in [2.05, 4.69) is 372 Å². The smallest absolute Gasteiger partial charge is 0.456 e. The maximum Gasteiger partial charge on any atom is 0.488 e. The van der Waals surface area contributed by atoms with E-state index in [0.29, 0.717) is 5.46 Å². The molecule has 22 aromatic rings. The van der Waals surface area contributed by atoms with Crippen LogP contribution in [-0.4, -0.2) is 35.9 Å². The Balaban J connectivity index is 0.0000000960. The highest BCUT2D eigenvalue weighted by molar-refractivity contribution is 9.10. The molecule has 114 heavy (non-hydrogen) atoms. The van der Waals surface area contributed by atoms with Crippen molar-refractivity contribution in [2.45, 2.75) is 12.8 Å². The summed E-state index contributed by atoms with van der Waals surface area (Å²) in [5, 5.41) is 30.9. The summed E-state index contributed by atoms with van der Waals surface area (Å²) in [5.41, 5.74) is 31.3. The van der Waals surface area contributed by atoms with Gasteiger partial charge in [-0.3, -0.25) is 0 Å². The van der Waals surface area contributed by atoms with Crippen LogP contribution < -0.4 is 5.46 Å². The number of hydrogen-bond acceptors (Lipinski definition) is 3.